The number of hydrogen-bond donors (Lipinski definition) is 1. The highest BCUT2D eigenvalue weighted by Gasteiger charge is 2.48. The fraction of sp³-hybridized carbons (Fsp3) is 0.400. The summed E-state index contributed by atoms with van der Waals surface area (Å²) in [6, 6.07) is 17.6. The lowest BCUT2D eigenvalue weighted by Crippen LogP contribution is -2.53. The van der Waals surface area contributed by atoms with Crippen molar-refractivity contribution in [3.05, 3.63) is 71.8 Å². The van der Waals surface area contributed by atoms with Crippen molar-refractivity contribution < 1.29 is 19.1 Å². The monoisotopic (exact) mass is 490 g/mol. The molecule has 180 valence electrons. The van der Waals surface area contributed by atoms with E-state index >= 15 is 0 Å². The number of ether oxygens (including phenoxy) is 1. The molecule has 2 saturated heterocycles. The number of hydrogen-bond acceptors (Lipinski definition) is 5. The van der Waals surface area contributed by atoms with Crippen LogP contribution in [0.3, 0.4) is 0 Å². The molecule has 4 rings (SSSR count). The average Bonchev–Trinajstić information content (AvgIpc) is 3.37. The Kier molecular flexibility index (Phi) is 11.7. The van der Waals surface area contributed by atoms with Crippen LogP contribution >= 0.6 is 25.3 Å². The highest BCUT2D eigenvalue weighted by atomic mass is 32.2. The summed E-state index contributed by atoms with van der Waals surface area (Å²) in [7, 11) is 0. The van der Waals surface area contributed by atoms with Crippen molar-refractivity contribution in [2.24, 2.45) is 0 Å². The van der Waals surface area contributed by atoms with Gasteiger partial charge in [-0.25, -0.2) is 0 Å². The molecule has 1 N–H and O–H groups in total. The molecule has 0 saturated carbocycles. The second-order valence-corrected chi connectivity index (χ2v) is 8.50. The van der Waals surface area contributed by atoms with Gasteiger partial charge < -0.3 is 15.0 Å². The van der Waals surface area contributed by atoms with E-state index < -0.39 is 12.1 Å². The smallest absolute Gasteiger partial charge is 0.251 e. The van der Waals surface area contributed by atoms with Crippen LogP contribution in [0.15, 0.2) is 60.7 Å². The number of Topliss-reactive ketones (excluding diaryl/α,β-unsaturated/α-hetero) is 1. The Balaban J connectivity index is 0.00000181. The van der Waals surface area contributed by atoms with E-state index in [0.717, 1.165) is 11.3 Å². The van der Waals surface area contributed by atoms with Gasteiger partial charge in [0.15, 0.2) is 5.78 Å². The van der Waals surface area contributed by atoms with E-state index in [4.69, 9.17) is 4.74 Å². The molecular weight excluding hydrogens is 456 g/mol. The Morgan fingerprint density at radius 1 is 1.06 bits per heavy atom. The van der Waals surface area contributed by atoms with Crippen molar-refractivity contribution in [1.82, 2.24) is 10.2 Å². The van der Waals surface area contributed by atoms with Gasteiger partial charge in [-0.3, -0.25) is 14.4 Å². The maximum atomic E-state index is 13.3. The maximum absolute atomic E-state index is 13.3. The molecule has 2 fully saturated rings. The molecule has 2 aromatic carbocycles. The summed E-state index contributed by atoms with van der Waals surface area (Å²) in [4.78, 5) is 39.9. The van der Waals surface area contributed by atoms with Gasteiger partial charge in [-0.1, -0.05) is 63.4 Å². The summed E-state index contributed by atoms with van der Waals surface area (Å²) in [6.07, 6.45) is 0.433. The summed E-state index contributed by atoms with van der Waals surface area (Å²) in [5.41, 5.74) is 1.66. The van der Waals surface area contributed by atoms with Crippen LogP contribution in [0.25, 0.3) is 0 Å². The number of rotatable bonds is 7. The molecule has 0 radical (unpaired) electrons. The summed E-state index contributed by atoms with van der Waals surface area (Å²) in [6.45, 7) is 0.532. The first-order valence-electron chi connectivity index (χ1n) is 10.1. The molecule has 2 heterocycles. The Morgan fingerprint density at radius 2 is 1.70 bits per heavy atom. The van der Waals surface area contributed by atoms with Gasteiger partial charge in [-0.05, 0) is 24.1 Å². The van der Waals surface area contributed by atoms with Gasteiger partial charge in [0.25, 0.3) is 5.91 Å². The summed E-state index contributed by atoms with van der Waals surface area (Å²) >= 11 is 1.59. The Labute approximate surface area is 207 Å². The standard InChI is InChI=1S/C23H24N2O4S.2CH4.H2S/c26-19-13-29-20-11-12-25(21(19)20)23(28)18(15-30-14-16-7-3-1-4-8-16)24-22(27)17-9-5-2-6-10-17;;;/h1-10,18,20-21H,11-15H2,(H,24,27);2*1H4;1H2/t18-,20+,21+;;;/m0.../s1. The third-order valence-corrected chi connectivity index (χ3v) is 6.54. The molecule has 2 aromatic rings. The zero-order valence-corrected chi connectivity index (χ0v) is 18.8. The number of carbonyl (C=O) groups excluding carboxylic acids is 3. The van der Waals surface area contributed by atoms with E-state index in [1.165, 1.54) is 0 Å². The van der Waals surface area contributed by atoms with Crippen molar-refractivity contribution in [2.45, 2.75) is 45.2 Å². The molecule has 2 aliphatic heterocycles. The topological polar surface area (TPSA) is 75.7 Å². The quantitative estimate of drug-likeness (QED) is 0.641. The van der Waals surface area contributed by atoms with Gasteiger partial charge in [0, 0.05) is 23.6 Å². The van der Waals surface area contributed by atoms with Crippen LogP contribution in [0.5, 0.6) is 0 Å². The predicted octanol–water partition coefficient (Wildman–Crippen LogP) is 3.67. The van der Waals surface area contributed by atoms with Crippen LogP contribution in [0.4, 0.5) is 0 Å². The summed E-state index contributed by atoms with van der Waals surface area (Å²) in [5, 5.41) is 2.89. The highest BCUT2D eigenvalue weighted by Crippen LogP contribution is 2.28. The largest absolute Gasteiger partial charge is 0.368 e. The molecule has 33 heavy (non-hydrogen) atoms. The minimum absolute atomic E-state index is 0. The van der Waals surface area contributed by atoms with E-state index in [0.29, 0.717) is 24.3 Å². The number of thioether (sulfide) groups is 1. The highest BCUT2D eigenvalue weighted by molar-refractivity contribution is 7.98. The average molecular weight is 491 g/mol. The zero-order valence-electron chi connectivity index (χ0n) is 17.0. The molecule has 2 amide bonds. The van der Waals surface area contributed by atoms with E-state index in [2.05, 4.69) is 5.32 Å². The number of likely N-dealkylation sites (tertiary alicyclic amines) is 1. The maximum Gasteiger partial charge on any atom is 0.251 e. The number of ketones is 1. The first-order chi connectivity index (χ1) is 14.6. The van der Waals surface area contributed by atoms with Crippen molar-refractivity contribution in [1.29, 1.82) is 0 Å². The molecule has 0 aliphatic carbocycles. The number of carbonyl (C=O) groups is 3. The normalized spacial score (nSPS) is 19.4. The van der Waals surface area contributed by atoms with Crippen LogP contribution in [-0.2, 0) is 20.1 Å². The molecule has 3 atom stereocenters. The molecule has 0 unspecified atom stereocenters. The molecule has 6 nitrogen and oxygen atoms in total. The molecule has 2 aliphatic rings. The molecule has 0 spiro atoms. The lowest BCUT2D eigenvalue weighted by atomic mass is 10.1. The lowest BCUT2D eigenvalue weighted by molar-refractivity contribution is -0.137. The van der Waals surface area contributed by atoms with Crippen LogP contribution in [0, 0.1) is 0 Å². The second-order valence-electron chi connectivity index (χ2n) is 7.47. The van der Waals surface area contributed by atoms with Crippen molar-refractivity contribution in [2.75, 3.05) is 18.9 Å². The molecule has 8 heteroatoms. The molecular formula is C25H34N2O4S2. The van der Waals surface area contributed by atoms with Gasteiger partial charge in [0.2, 0.25) is 5.91 Å². The van der Waals surface area contributed by atoms with E-state index in [-0.39, 0.29) is 58.7 Å². The van der Waals surface area contributed by atoms with Crippen LogP contribution < -0.4 is 5.32 Å². The third-order valence-electron chi connectivity index (χ3n) is 5.43. The minimum Gasteiger partial charge on any atom is -0.368 e. The Bertz CT molecular complexity index is 911. The molecule has 0 aromatic heterocycles. The van der Waals surface area contributed by atoms with Crippen molar-refractivity contribution in [3.63, 3.8) is 0 Å². The number of amides is 2. The first kappa shape index (κ1) is 28.7. The van der Waals surface area contributed by atoms with Crippen LogP contribution in [-0.4, -0.2) is 59.6 Å². The van der Waals surface area contributed by atoms with Crippen molar-refractivity contribution in [3.8, 4) is 0 Å². The van der Waals surface area contributed by atoms with Gasteiger partial charge in [-0.15, -0.1) is 0 Å². The van der Waals surface area contributed by atoms with Crippen LogP contribution in [0.1, 0.15) is 37.2 Å². The van der Waals surface area contributed by atoms with E-state index in [1.54, 1.807) is 40.9 Å². The predicted molar refractivity (Wildman–Crippen MR) is 139 cm³/mol. The summed E-state index contributed by atoms with van der Waals surface area (Å²) < 4.78 is 5.50. The van der Waals surface area contributed by atoms with Gasteiger partial charge >= 0.3 is 0 Å². The SMILES string of the molecule is C.C.O=C(N[C@@H](CSCc1ccccc1)C(=O)N1CC[C@H]2OCC(=O)[C@H]21)c1ccccc1.S. The van der Waals surface area contributed by atoms with Gasteiger partial charge in [0.1, 0.15) is 18.7 Å². The molecule has 0 bridgehead atoms. The number of nitrogens with one attached hydrogen (secondary N) is 1. The first-order valence-corrected chi connectivity index (χ1v) is 11.2. The van der Waals surface area contributed by atoms with E-state index in [9.17, 15) is 14.4 Å². The van der Waals surface area contributed by atoms with Gasteiger partial charge in [-0.2, -0.15) is 25.3 Å². The fourth-order valence-electron chi connectivity index (χ4n) is 3.92. The van der Waals surface area contributed by atoms with Crippen molar-refractivity contribution >= 4 is 42.9 Å². The summed E-state index contributed by atoms with van der Waals surface area (Å²) in [5.74, 6) is 0.593. The lowest BCUT2D eigenvalue weighted by Gasteiger charge is -2.27. The second kappa shape index (κ2) is 13.4. The Hall–Kier alpha value is -2.29. The number of nitrogens with zero attached hydrogens (tertiary/aromatic N) is 1. The van der Waals surface area contributed by atoms with Gasteiger partial charge in [0.05, 0.1) is 6.10 Å². The fourth-order valence-corrected chi connectivity index (χ4v) is 4.92. The van der Waals surface area contributed by atoms with E-state index in [1.807, 2.05) is 36.4 Å². The third kappa shape index (κ3) is 6.85. The number of fused-ring (bicyclic) bond motifs is 1. The number of benzene rings is 2. The zero-order chi connectivity index (χ0) is 20.9. The minimum atomic E-state index is -0.710. The Morgan fingerprint density at radius 3 is 2.36 bits per heavy atom. The van der Waals surface area contributed by atoms with Crippen LogP contribution in [0.2, 0.25) is 0 Å².